The monoisotopic (exact) mass is 742 g/mol. The maximum Gasteiger partial charge on any atom is 0.160 e. The Bertz CT molecular complexity index is 3230. The van der Waals surface area contributed by atoms with E-state index in [0.717, 1.165) is 49.4 Å². The van der Waals surface area contributed by atoms with E-state index in [2.05, 4.69) is 206 Å². The van der Waals surface area contributed by atoms with Crippen molar-refractivity contribution in [3.05, 3.63) is 206 Å². The van der Waals surface area contributed by atoms with Crippen molar-refractivity contribution in [2.24, 2.45) is 0 Å². The minimum absolute atomic E-state index is 0.720. The molecule has 0 aliphatic carbocycles. The van der Waals surface area contributed by atoms with Crippen molar-refractivity contribution in [2.75, 3.05) is 0 Å². The van der Waals surface area contributed by atoms with Crippen LogP contribution in [0, 0.1) is 0 Å². The lowest BCUT2D eigenvalue weighted by Crippen LogP contribution is -1.94. The van der Waals surface area contributed by atoms with Crippen molar-refractivity contribution in [1.29, 1.82) is 0 Å². The molecule has 266 valence electrons. The van der Waals surface area contributed by atoms with Gasteiger partial charge < -0.3 is 0 Å². The van der Waals surface area contributed by atoms with Crippen LogP contribution in [0.5, 0.6) is 0 Å². The molecule has 11 rings (SSSR count). The highest BCUT2D eigenvalue weighted by atomic mass is 32.1. The van der Waals surface area contributed by atoms with Crippen LogP contribution in [0.15, 0.2) is 206 Å². The van der Waals surface area contributed by atoms with Gasteiger partial charge in [0.1, 0.15) is 0 Å². The lowest BCUT2D eigenvalue weighted by atomic mass is 9.85. The summed E-state index contributed by atoms with van der Waals surface area (Å²) >= 11 is 1.76. The molecule has 0 spiro atoms. The first-order chi connectivity index (χ1) is 28.3. The SMILES string of the molecule is c1ccc(-c2cccc(-c3nc(-c4cccc(-c5cccc(-c6c7ccccc7c(-c7ccccc7)c7ccccc67)c5)c4)nc4c3sc3ccccc34)c2)cc1. The number of fused-ring (bicyclic) bond motifs is 5. The highest BCUT2D eigenvalue weighted by Gasteiger charge is 2.19. The molecule has 0 unspecified atom stereocenters. The molecule has 2 heterocycles. The summed E-state index contributed by atoms with van der Waals surface area (Å²) in [4.78, 5) is 10.7. The van der Waals surface area contributed by atoms with Gasteiger partial charge in [0.2, 0.25) is 0 Å². The molecule has 57 heavy (non-hydrogen) atoms. The van der Waals surface area contributed by atoms with Crippen LogP contribution in [0.25, 0.3) is 109 Å². The molecule has 0 bridgehead atoms. The van der Waals surface area contributed by atoms with Gasteiger partial charge in [0.15, 0.2) is 5.82 Å². The van der Waals surface area contributed by atoms with Gasteiger partial charge in [-0.1, -0.05) is 182 Å². The van der Waals surface area contributed by atoms with E-state index in [1.165, 1.54) is 59.6 Å². The molecular weight excluding hydrogens is 709 g/mol. The van der Waals surface area contributed by atoms with Crippen LogP contribution in [-0.2, 0) is 0 Å². The fourth-order valence-electron chi connectivity index (χ4n) is 8.44. The standard InChI is InChI=1S/C54H34N2S/c1-3-16-35(17-4-1)37-20-14-24-41(33-37)51-53-52(47-30-11-12-31-48(47)57-53)56-54(55-51)42-25-15-22-39(34-42)38-21-13-23-40(32-38)50-45-28-9-7-26-43(45)49(36-18-5-2-6-19-36)44-27-8-10-29-46(44)50/h1-34H. The van der Waals surface area contributed by atoms with Gasteiger partial charge in [-0.25, -0.2) is 9.97 Å². The summed E-state index contributed by atoms with van der Waals surface area (Å²) < 4.78 is 2.31. The predicted octanol–water partition coefficient (Wildman–Crippen LogP) is 15.2. The number of aromatic nitrogens is 2. The first-order valence-corrected chi connectivity index (χ1v) is 20.1. The Kier molecular flexibility index (Phi) is 8.04. The molecule has 0 atom stereocenters. The van der Waals surface area contributed by atoms with E-state index < -0.39 is 0 Å². The van der Waals surface area contributed by atoms with Gasteiger partial charge in [-0.05, 0) is 90.3 Å². The maximum absolute atomic E-state index is 5.37. The van der Waals surface area contributed by atoms with E-state index >= 15 is 0 Å². The summed E-state index contributed by atoms with van der Waals surface area (Å²) in [6, 6.07) is 74.0. The van der Waals surface area contributed by atoms with Crippen molar-refractivity contribution in [3.63, 3.8) is 0 Å². The van der Waals surface area contributed by atoms with Crippen molar-refractivity contribution in [3.8, 4) is 67.2 Å². The number of hydrogen-bond acceptors (Lipinski definition) is 3. The molecule has 0 aliphatic rings. The molecule has 11 aromatic rings. The molecule has 0 saturated carbocycles. The van der Waals surface area contributed by atoms with Crippen LogP contribution < -0.4 is 0 Å². The number of thiophene rings is 1. The van der Waals surface area contributed by atoms with Crippen molar-refractivity contribution < 1.29 is 0 Å². The van der Waals surface area contributed by atoms with Crippen molar-refractivity contribution >= 4 is 53.2 Å². The highest BCUT2D eigenvalue weighted by Crippen LogP contribution is 2.45. The van der Waals surface area contributed by atoms with Crippen LogP contribution in [0.2, 0.25) is 0 Å². The third kappa shape index (κ3) is 5.80. The molecule has 0 saturated heterocycles. The summed E-state index contributed by atoms with van der Waals surface area (Å²) in [6.45, 7) is 0. The van der Waals surface area contributed by atoms with Crippen LogP contribution in [0.4, 0.5) is 0 Å². The minimum Gasteiger partial charge on any atom is -0.226 e. The van der Waals surface area contributed by atoms with E-state index in [1.54, 1.807) is 11.3 Å². The van der Waals surface area contributed by atoms with Gasteiger partial charge in [0.05, 0.1) is 15.9 Å². The summed E-state index contributed by atoms with van der Waals surface area (Å²) in [5, 5.41) is 6.15. The van der Waals surface area contributed by atoms with Crippen LogP contribution >= 0.6 is 11.3 Å². The molecule has 9 aromatic carbocycles. The molecule has 2 nitrogen and oxygen atoms in total. The first kappa shape index (κ1) is 33.2. The molecular formula is C54H34N2S. The van der Waals surface area contributed by atoms with E-state index in [-0.39, 0.29) is 0 Å². The van der Waals surface area contributed by atoms with E-state index in [4.69, 9.17) is 9.97 Å². The second kappa shape index (κ2) is 13.8. The quantitative estimate of drug-likeness (QED) is 0.159. The second-order valence-corrected chi connectivity index (χ2v) is 15.5. The number of benzene rings is 9. The van der Waals surface area contributed by atoms with Crippen LogP contribution in [0.3, 0.4) is 0 Å². The summed E-state index contributed by atoms with van der Waals surface area (Å²) in [7, 11) is 0. The lowest BCUT2D eigenvalue weighted by molar-refractivity contribution is 1.24. The smallest absolute Gasteiger partial charge is 0.160 e. The molecule has 0 amide bonds. The largest absolute Gasteiger partial charge is 0.226 e. The third-order valence-electron chi connectivity index (χ3n) is 11.1. The van der Waals surface area contributed by atoms with Gasteiger partial charge in [-0.3, -0.25) is 0 Å². The summed E-state index contributed by atoms with van der Waals surface area (Å²) in [5.41, 5.74) is 13.6. The predicted molar refractivity (Wildman–Crippen MR) is 243 cm³/mol. The Labute approximate surface area is 335 Å². The molecule has 2 aromatic heterocycles. The minimum atomic E-state index is 0.720. The average molecular weight is 743 g/mol. The van der Waals surface area contributed by atoms with E-state index in [9.17, 15) is 0 Å². The Morgan fingerprint density at radius 2 is 0.719 bits per heavy atom. The topological polar surface area (TPSA) is 25.8 Å². The zero-order chi connectivity index (χ0) is 37.7. The first-order valence-electron chi connectivity index (χ1n) is 19.3. The fourth-order valence-corrected chi connectivity index (χ4v) is 9.59. The molecule has 3 heteroatoms. The third-order valence-corrected chi connectivity index (χ3v) is 12.2. The number of nitrogens with zero attached hydrogens (tertiary/aromatic N) is 2. The van der Waals surface area contributed by atoms with Crippen LogP contribution in [0.1, 0.15) is 0 Å². The fraction of sp³-hybridized carbons (Fsp3) is 0. The lowest BCUT2D eigenvalue weighted by Gasteiger charge is -2.18. The number of hydrogen-bond donors (Lipinski definition) is 0. The molecule has 0 fully saturated rings. The van der Waals surface area contributed by atoms with E-state index in [0.29, 0.717) is 0 Å². The molecule has 0 aliphatic heterocycles. The van der Waals surface area contributed by atoms with Crippen molar-refractivity contribution in [1.82, 2.24) is 9.97 Å². The van der Waals surface area contributed by atoms with Crippen LogP contribution in [-0.4, -0.2) is 9.97 Å². The van der Waals surface area contributed by atoms with Gasteiger partial charge in [0, 0.05) is 21.2 Å². The van der Waals surface area contributed by atoms with Gasteiger partial charge in [-0.2, -0.15) is 0 Å². The van der Waals surface area contributed by atoms with Crippen molar-refractivity contribution in [2.45, 2.75) is 0 Å². The average Bonchev–Trinajstić information content (AvgIpc) is 3.67. The van der Waals surface area contributed by atoms with Gasteiger partial charge >= 0.3 is 0 Å². The zero-order valence-corrected chi connectivity index (χ0v) is 31.7. The maximum atomic E-state index is 5.37. The number of rotatable bonds is 6. The Morgan fingerprint density at radius 3 is 1.35 bits per heavy atom. The summed E-state index contributed by atoms with van der Waals surface area (Å²) in [5.74, 6) is 0.720. The zero-order valence-electron chi connectivity index (χ0n) is 30.9. The molecule has 0 N–H and O–H groups in total. The summed E-state index contributed by atoms with van der Waals surface area (Å²) in [6.07, 6.45) is 0. The second-order valence-electron chi connectivity index (χ2n) is 14.5. The van der Waals surface area contributed by atoms with Gasteiger partial charge in [0.25, 0.3) is 0 Å². The normalized spacial score (nSPS) is 11.5. The molecule has 0 radical (unpaired) electrons. The Balaban J connectivity index is 1.06. The van der Waals surface area contributed by atoms with E-state index in [1.807, 2.05) is 0 Å². The van der Waals surface area contributed by atoms with Gasteiger partial charge in [-0.15, -0.1) is 11.3 Å². The highest BCUT2D eigenvalue weighted by molar-refractivity contribution is 7.26. The Hall–Kier alpha value is -7.20. The Morgan fingerprint density at radius 1 is 0.298 bits per heavy atom.